The van der Waals surface area contributed by atoms with Gasteiger partial charge in [-0.15, -0.1) is 0 Å². The first-order valence-corrected chi connectivity index (χ1v) is 10.0. The van der Waals surface area contributed by atoms with Crippen molar-refractivity contribution in [3.8, 4) is 0 Å². The van der Waals surface area contributed by atoms with E-state index in [1.807, 2.05) is 11.8 Å². The van der Waals surface area contributed by atoms with Crippen LogP contribution in [0.2, 0.25) is 0 Å². The van der Waals surface area contributed by atoms with Crippen LogP contribution in [0.5, 0.6) is 0 Å². The van der Waals surface area contributed by atoms with E-state index in [2.05, 4.69) is 61.6 Å². The molecule has 0 aliphatic carbocycles. The number of fused-ring (bicyclic) bond motifs is 1. The second-order valence-corrected chi connectivity index (χ2v) is 7.55. The molecule has 0 bridgehead atoms. The monoisotopic (exact) mass is 365 g/mol. The van der Waals surface area contributed by atoms with Gasteiger partial charge in [0.1, 0.15) is 0 Å². The molecule has 4 nitrogen and oxygen atoms in total. The van der Waals surface area contributed by atoms with Gasteiger partial charge in [0.2, 0.25) is 5.91 Å². The number of benzene rings is 2. The molecule has 0 saturated carbocycles. The SMILES string of the molecule is CCC(=O)N1c2cc(CCCN)ccc2C(Nc2ccc(C)cc2)CC1C. The Morgan fingerprint density at radius 2 is 1.96 bits per heavy atom. The van der Waals surface area contributed by atoms with Crippen LogP contribution in [0.15, 0.2) is 42.5 Å². The molecule has 2 atom stereocenters. The largest absolute Gasteiger partial charge is 0.378 e. The summed E-state index contributed by atoms with van der Waals surface area (Å²) in [5.41, 5.74) is 11.5. The highest BCUT2D eigenvalue weighted by Gasteiger charge is 2.33. The molecule has 4 heteroatoms. The highest BCUT2D eigenvalue weighted by Crippen LogP contribution is 2.40. The van der Waals surface area contributed by atoms with Crippen molar-refractivity contribution in [2.24, 2.45) is 5.73 Å². The molecular weight excluding hydrogens is 334 g/mol. The molecular formula is C23H31N3O. The maximum atomic E-state index is 12.7. The Kier molecular flexibility index (Phi) is 6.17. The average Bonchev–Trinajstić information content (AvgIpc) is 2.67. The number of amides is 1. The number of rotatable bonds is 6. The minimum atomic E-state index is 0.164. The van der Waals surface area contributed by atoms with Gasteiger partial charge in [0.05, 0.1) is 6.04 Å². The van der Waals surface area contributed by atoms with Crippen LogP contribution in [0.4, 0.5) is 11.4 Å². The van der Waals surface area contributed by atoms with E-state index < -0.39 is 0 Å². The first-order valence-electron chi connectivity index (χ1n) is 10.0. The lowest BCUT2D eigenvalue weighted by molar-refractivity contribution is -0.118. The third kappa shape index (κ3) is 4.33. The Morgan fingerprint density at radius 3 is 2.63 bits per heavy atom. The molecule has 2 aromatic rings. The predicted octanol–water partition coefficient (Wildman–Crippen LogP) is 4.57. The standard InChI is InChI=1S/C23H31N3O/c1-4-23(27)26-17(3)14-21(25-19-10-7-16(2)8-11-19)20-12-9-18(6-5-13-24)15-22(20)26/h7-12,15,17,21,25H,4-6,13-14,24H2,1-3H3. The van der Waals surface area contributed by atoms with Gasteiger partial charge in [-0.3, -0.25) is 4.79 Å². The average molecular weight is 366 g/mol. The minimum Gasteiger partial charge on any atom is -0.378 e. The fourth-order valence-corrected chi connectivity index (χ4v) is 3.90. The zero-order valence-electron chi connectivity index (χ0n) is 16.7. The molecule has 1 aliphatic heterocycles. The first-order chi connectivity index (χ1) is 13.0. The van der Waals surface area contributed by atoms with E-state index in [9.17, 15) is 4.79 Å². The van der Waals surface area contributed by atoms with E-state index in [1.165, 1.54) is 16.7 Å². The molecule has 0 aromatic heterocycles. The molecule has 144 valence electrons. The van der Waals surface area contributed by atoms with Gasteiger partial charge in [-0.05, 0) is 69.0 Å². The lowest BCUT2D eigenvalue weighted by atomic mass is 9.89. The van der Waals surface area contributed by atoms with Crippen molar-refractivity contribution in [2.45, 2.75) is 58.5 Å². The van der Waals surface area contributed by atoms with Gasteiger partial charge in [0.25, 0.3) is 0 Å². The topological polar surface area (TPSA) is 58.4 Å². The highest BCUT2D eigenvalue weighted by molar-refractivity contribution is 5.95. The highest BCUT2D eigenvalue weighted by atomic mass is 16.2. The van der Waals surface area contributed by atoms with Gasteiger partial charge in [0, 0.05) is 23.8 Å². The number of aryl methyl sites for hydroxylation is 2. The van der Waals surface area contributed by atoms with Crippen molar-refractivity contribution >= 4 is 17.3 Å². The number of anilines is 2. The van der Waals surface area contributed by atoms with Gasteiger partial charge in [0.15, 0.2) is 0 Å². The zero-order valence-corrected chi connectivity index (χ0v) is 16.7. The van der Waals surface area contributed by atoms with Crippen LogP contribution in [-0.2, 0) is 11.2 Å². The van der Waals surface area contributed by atoms with Gasteiger partial charge in [-0.25, -0.2) is 0 Å². The van der Waals surface area contributed by atoms with E-state index in [-0.39, 0.29) is 18.0 Å². The molecule has 1 amide bonds. The molecule has 0 fully saturated rings. The summed E-state index contributed by atoms with van der Waals surface area (Å²) >= 11 is 0. The van der Waals surface area contributed by atoms with Gasteiger partial charge >= 0.3 is 0 Å². The summed E-state index contributed by atoms with van der Waals surface area (Å²) in [7, 11) is 0. The summed E-state index contributed by atoms with van der Waals surface area (Å²) in [6.45, 7) is 6.86. The Labute approximate surface area is 162 Å². The summed E-state index contributed by atoms with van der Waals surface area (Å²) in [6.07, 6.45) is 3.32. The van der Waals surface area contributed by atoms with Crippen molar-refractivity contribution in [1.29, 1.82) is 0 Å². The first kappa shape index (κ1) is 19.4. The molecule has 0 spiro atoms. The van der Waals surface area contributed by atoms with Crippen LogP contribution in [-0.4, -0.2) is 18.5 Å². The number of nitrogens with two attached hydrogens (primary N) is 1. The molecule has 2 aromatic carbocycles. The quantitative estimate of drug-likeness (QED) is 0.788. The summed E-state index contributed by atoms with van der Waals surface area (Å²) in [5, 5.41) is 3.68. The third-order valence-corrected chi connectivity index (χ3v) is 5.38. The Morgan fingerprint density at radius 1 is 1.22 bits per heavy atom. The molecule has 0 radical (unpaired) electrons. The zero-order chi connectivity index (χ0) is 19.4. The third-order valence-electron chi connectivity index (χ3n) is 5.38. The molecule has 3 rings (SSSR count). The van der Waals surface area contributed by atoms with Crippen molar-refractivity contribution in [3.05, 3.63) is 59.2 Å². The smallest absolute Gasteiger partial charge is 0.226 e. The van der Waals surface area contributed by atoms with Gasteiger partial charge in [-0.1, -0.05) is 36.8 Å². The van der Waals surface area contributed by atoms with Crippen LogP contribution in [0.3, 0.4) is 0 Å². The number of carbonyl (C=O) groups excluding carboxylic acids is 1. The maximum absolute atomic E-state index is 12.7. The molecule has 1 aliphatic rings. The maximum Gasteiger partial charge on any atom is 0.226 e. The number of nitrogens with zero attached hydrogens (tertiary/aromatic N) is 1. The number of carbonyl (C=O) groups is 1. The van der Waals surface area contributed by atoms with Crippen LogP contribution >= 0.6 is 0 Å². The fraction of sp³-hybridized carbons (Fsp3) is 0.435. The second-order valence-electron chi connectivity index (χ2n) is 7.55. The molecule has 3 N–H and O–H groups in total. The van der Waals surface area contributed by atoms with Gasteiger partial charge < -0.3 is 16.0 Å². The van der Waals surface area contributed by atoms with Crippen molar-refractivity contribution in [2.75, 3.05) is 16.8 Å². The van der Waals surface area contributed by atoms with E-state index >= 15 is 0 Å². The number of hydrogen-bond acceptors (Lipinski definition) is 3. The molecule has 2 unspecified atom stereocenters. The normalized spacial score (nSPS) is 18.9. The van der Waals surface area contributed by atoms with Gasteiger partial charge in [-0.2, -0.15) is 0 Å². The second kappa shape index (κ2) is 8.57. The Balaban J connectivity index is 1.96. The van der Waals surface area contributed by atoms with Crippen LogP contribution in [0, 0.1) is 6.92 Å². The van der Waals surface area contributed by atoms with E-state index in [0.717, 1.165) is 30.6 Å². The van der Waals surface area contributed by atoms with Crippen LogP contribution in [0.1, 0.15) is 55.8 Å². The summed E-state index contributed by atoms with van der Waals surface area (Å²) < 4.78 is 0. The number of nitrogens with one attached hydrogen (secondary N) is 1. The molecule has 27 heavy (non-hydrogen) atoms. The van der Waals surface area contributed by atoms with Crippen LogP contribution < -0.4 is 16.0 Å². The fourth-order valence-electron chi connectivity index (χ4n) is 3.90. The van der Waals surface area contributed by atoms with Crippen LogP contribution in [0.25, 0.3) is 0 Å². The lowest BCUT2D eigenvalue weighted by Crippen LogP contribution is -2.44. The Bertz CT molecular complexity index is 785. The van der Waals surface area contributed by atoms with Crippen molar-refractivity contribution < 1.29 is 4.79 Å². The number of hydrogen-bond donors (Lipinski definition) is 2. The summed E-state index contributed by atoms with van der Waals surface area (Å²) in [5.74, 6) is 0.188. The molecule has 1 heterocycles. The van der Waals surface area contributed by atoms with E-state index in [0.29, 0.717) is 13.0 Å². The molecule has 0 saturated heterocycles. The van der Waals surface area contributed by atoms with Crippen molar-refractivity contribution in [1.82, 2.24) is 0 Å². The van der Waals surface area contributed by atoms with Crippen molar-refractivity contribution in [3.63, 3.8) is 0 Å². The summed E-state index contributed by atoms with van der Waals surface area (Å²) in [4.78, 5) is 14.6. The minimum absolute atomic E-state index is 0.164. The lowest BCUT2D eigenvalue weighted by Gasteiger charge is -2.40. The van der Waals surface area contributed by atoms with E-state index in [4.69, 9.17) is 5.73 Å². The van der Waals surface area contributed by atoms with E-state index in [1.54, 1.807) is 0 Å². The summed E-state index contributed by atoms with van der Waals surface area (Å²) in [6, 6.07) is 15.4. The predicted molar refractivity (Wildman–Crippen MR) is 113 cm³/mol. The Hall–Kier alpha value is -2.33.